The molecule has 0 saturated heterocycles. The van der Waals surface area contributed by atoms with Crippen molar-refractivity contribution in [2.45, 2.75) is 6.92 Å². The summed E-state index contributed by atoms with van der Waals surface area (Å²) in [5.41, 5.74) is 1.83. The van der Waals surface area contributed by atoms with E-state index in [1.165, 1.54) is 0 Å². The fraction of sp³-hybridized carbons (Fsp3) is 0.0909. The third-order valence-corrected chi connectivity index (χ3v) is 1.76. The van der Waals surface area contributed by atoms with Gasteiger partial charge in [-0.3, -0.25) is 4.99 Å². The Bertz CT molecular complexity index is 457. The van der Waals surface area contributed by atoms with E-state index in [9.17, 15) is 0 Å². The van der Waals surface area contributed by atoms with Gasteiger partial charge in [-0.15, -0.1) is 0 Å². The van der Waals surface area contributed by atoms with Gasteiger partial charge in [0, 0.05) is 6.21 Å². The molecule has 0 aliphatic heterocycles. The molecule has 1 heterocycles. The first-order chi connectivity index (χ1) is 8.26. The number of halogens is 2. The van der Waals surface area contributed by atoms with Gasteiger partial charge in [0.2, 0.25) is 0 Å². The van der Waals surface area contributed by atoms with E-state index in [0.29, 0.717) is 5.82 Å². The van der Waals surface area contributed by atoms with Gasteiger partial charge in [-0.2, -0.15) is 0 Å². The second-order valence-corrected chi connectivity index (χ2v) is 5.61. The van der Waals surface area contributed by atoms with Gasteiger partial charge in [0.15, 0.2) is 0 Å². The molecule has 2 aromatic rings. The van der Waals surface area contributed by atoms with E-state index in [0.717, 1.165) is 11.4 Å². The van der Waals surface area contributed by atoms with Gasteiger partial charge in [0.05, 0.1) is 5.69 Å². The Kier molecular flexibility index (Phi) is 7.21. The van der Waals surface area contributed by atoms with Crippen LogP contribution in [0, 0.1) is 6.92 Å². The zero-order chi connectivity index (χ0) is 12.5. The molecule has 1 aromatic heterocycles. The van der Waals surface area contributed by atoms with Gasteiger partial charge in [0.1, 0.15) is 0 Å². The van der Waals surface area contributed by atoms with E-state index in [1.54, 1.807) is 12.4 Å². The monoisotopic (exact) mass is 302 g/mol. The zero-order valence-electron chi connectivity index (χ0n) is 9.14. The van der Waals surface area contributed by atoms with Crippen molar-refractivity contribution in [3.8, 4) is 0 Å². The number of nitrogens with zero attached hydrogens (tertiary/aromatic N) is 3. The standard InChI is InChI=1S/C11H10N3.2ClH.Ti/c1-9-7-13-11(14-9)8-12-10-5-3-2-4-6-10;;;/h2-8H,1H3;2*1H;/q-1;;;+2/p-2. The van der Waals surface area contributed by atoms with Crippen molar-refractivity contribution in [2.75, 3.05) is 0 Å². The van der Waals surface area contributed by atoms with Gasteiger partial charge in [0.25, 0.3) is 0 Å². The Morgan fingerprint density at radius 2 is 1.94 bits per heavy atom. The molecule has 1 aromatic carbocycles. The molecule has 88 valence electrons. The Labute approximate surface area is 117 Å². The summed E-state index contributed by atoms with van der Waals surface area (Å²) in [6.07, 6.45) is 3.40. The minimum atomic E-state index is -0.556. The maximum absolute atomic E-state index is 4.89. The molecule has 0 spiro atoms. The summed E-state index contributed by atoms with van der Waals surface area (Å²) in [6, 6.07) is 9.73. The van der Waals surface area contributed by atoms with Crippen LogP contribution in [0.5, 0.6) is 0 Å². The normalized spacial score (nSPS) is 9.82. The second-order valence-electron chi connectivity index (χ2n) is 3.03. The predicted octanol–water partition coefficient (Wildman–Crippen LogP) is 3.47. The zero-order valence-corrected chi connectivity index (χ0v) is 12.2. The van der Waals surface area contributed by atoms with Crippen LogP contribution in [-0.2, 0) is 17.0 Å². The van der Waals surface area contributed by atoms with Crippen LogP contribution in [0.3, 0.4) is 0 Å². The summed E-state index contributed by atoms with van der Waals surface area (Å²) in [4.78, 5) is 12.5. The van der Waals surface area contributed by atoms with Gasteiger partial charge in [-0.05, 0) is 24.9 Å². The van der Waals surface area contributed by atoms with Crippen molar-refractivity contribution in [1.29, 1.82) is 0 Å². The van der Waals surface area contributed by atoms with Gasteiger partial charge < -0.3 is 9.97 Å². The minimum absolute atomic E-state index is 0.556. The molecule has 6 heteroatoms. The molecule has 2 rings (SSSR count). The van der Waals surface area contributed by atoms with Crippen LogP contribution in [0.2, 0.25) is 0 Å². The summed E-state index contributed by atoms with van der Waals surface area (Å²) in [7, 11) is 9.78. The van der Waals surface area contributed by atoms with Crippen LogP contribution in [0.4, 0.5) is 5.69 Å². The number of hydrogen-bond acceptors (Lipinski definition) is 2. The molecule has 0 fully saturated rings. The third-order valence-electron chi connectivity index (χ3n) is 1.76. The Hall–Kier alpha value is -0.606. The van der Waals surface area contributed by atoms with E-state index in [2.05, 4.69) is 15.0 Å². The molecular weight excluding hydrogens is 293 g/mol. The summed E-state index contributed by atoms with van der Waals surface area (Å²) >= 11 is -0.556. The molecule has 0 aliphatic carbocycles. The molecule has 0 bridgehead atoms. The topological polar surface area (TPSA) is 39.4 Å². The SMILES string of the molecule is Cc1cnc(C=Nc2ccccc2)[n-]1.[Cl][Ti][Cl]. The Morgan fingerprint density at radius 1 is 1.29 bits per heavy atom. The van der Waals surface area contributed by atoms with Crippen LogP contribution in [0.1, 0.15) is 11.5 Å². The quantitative estimate of drug-likeness (QED) is 0.629. The Morgan fingerprint density at radius 3 is 2.47 bits per heavy atom. The molecule has 0 aliphatic rings. The van der Waals surface area contributed by atoms with Gasteiger partial charge in [-0.25, -0.2) is 0 Å². The number of aryl methyl sites for hydroxylation is 1. The first-order valence-corrected chi connectivity index (χ1v) is 9.07. The molecule has 0 N–H and O–H groups in total. The van der Waals surface area contributed by atoms with Crippen LogP contribution < -0.4 is 4.98 Å². The number of aliphatic imine (C=N–C) groups is 1. The fourth-order valence-corrected chi connectivity index (χ4v) is 1.11. The molecule has 0 saturated carbocycles. The van der Waals surface area contributed by atoms with Crippen LogP contribution in [0.25, 0.3) is 0 Å². The van der Waals surface area contributed by atoms with E-state index >= 15 is 0 Å². The number of hydrogen-bond donors (Lipinski definition) is 0. The van der Waals surface area contributed by atoms with Crippen molar-refractivity contribution < 1.29 is 17.0 Å². The molecule has 0 atom stereocenters. The number of rotatable bonds is 2. The third kappa shape index (κ3) is 6.03. The van der Waals surface area contributed by atoms with Gasteiger partial charge in [-0.1, -0.05) is 30.1 Å². The number of aromatic nitrogens is 2. The molecular formula is C11H10Cl2N3Ti-. The number of benzene rings is 1. The molecule has 0 unspecified atom stereocenters. The average Bonchev–Trinajstić information content (AvgIpc) is 2.75. The Balaban J connectivity index is 0.000000437. The van der Waals surface area contributed by atoms with Crippen molar-refractivity contribution in [1.82, 2.24) is 9.97 Å². The fourth-order valence-electron chi connectivity index (χ4n) is 1.11. The predicted molar refractivity (Wildman–Crippen MR) is 67.7 cm³/mol. The van der Waals surface area contributed by atoms with Crippen molar-refractivity contribution >= 4 is 30.5 Å². The first-order valence-electron chi connectivity index (χ1n) is 4.78. The van der Waals surface area contributed by atoms with E-state index in [4.69, 9.17) is 18.6 Å². The van der Waals surface area contributed by atoms with Crippen molar-refractivity contribution in [2.24, 2.45) is 4.99 Å². The molecule has 0 amide bonds. The van der Waals surface area contributed by atoms with Gasteiger partial charge >= 0.3 is 35.6 Å². The van der Waals surface area contributed by atoms with Crippen molar-refractivity contribution in [3.05, 3.63) is 48.0 Å². The van der Waals surface area contributed by atoms with Crippen LogP contribution >= 0.6 is 18.6 Å². The molecule has 0 radical (unpaired) electrons. The maximum atomic E-state index is 4.89. The summed E-state index contributed by atoms with van der Waals surface area (Å²) in [5, 5.41) is 0. The average molecular weight is 303 g/mol. The summed E-state index contributed by atoms with van der Waals surface area (Å²) in [6.45, 7) is 1.91. The summed E-state index contributed by atoms with van der Waals surface area (Å²) < 4.78 is 0. The summed E-state index contributed by atoms with van der Waals surface area (Å²) in [5.74, 6) is 0.659. The number of para-hydroxylation sites is 1. The van der Waals surface area contributed by atoms with Crippen molar-refractivity contribution in [3.63, 3.8) is 0 Å². The van der Waals surface area contributed by atoms with E-state index in [1.807, 2.05) is 37.3 Å². The van der Waals surface area contributed by atoms with E-state index in [-0.39, 0.29) is 0 Å². The second kappa shape index (κ2) is 8.48. The van der Waals surface area contributed by atoms with Crippen LogP contribution in [-0.4, -0.2) is 11.2 Å². The first kappa shape index (κ1) is 14.5. The number of imidazole rings is 1. The molecule has 3 nitrogen and oxygen atoms in total. The van der Waals surface area contributed by atoms with E-state index < -0.39 is 17.0 Å². The van der Waals surface area contributed by atoms with Crippen LogP contribution in [0.15, 0.2) is 41.5 Å². The molecule has 17 heavy (non-hydrogen) atoms.